The number of rotatable bonds is 10. The molecule has 3 aromatic heterocycles. The van der Waals surface area contributed by atoms with Crippen LogP contribution in [0.15, 0.2) is 42.5 Å². The molecule has 3 aliphatic carbocycles. The second kappa shape index (κ2) is 10.9. The fraction of sp³-hybridized carbons (Fsp3) is 0.429. The number of nitrogens with zero attached hydrogens (tertiary/aromatic N) is 3. The molecule has 4 N–H and O–H groups in total. The van der Waals surface area contributed by atoms with E-state index in [9.17, 15) is 19.1 Å². The van der Waals surface area contributed by atoms with Gasteiger partial charge in [-0.15, -0.1) is 0 Å². The fourth-order valence-electron chi connectivity index (χ4n) is 6.53. The highest BCUT2D eigenvalue weighted by atomic mass is 35.5. The Hall–Kier alpha value is -4.22. The van der Waals surface area contributed by atoms with Gasteiger partial charge in [0.1, 0.15) is 41.0 Å². The van der Waals surface area contributed by atoms with Gasteiger partial charge in [-0.1, -0.05) is 24.1 Å². The van der Waals surface area contributed by atoms with Crippen LogP contribution in [-0.2, 0) is 15.8 Å². The van der Waals surface area contributed by atoms with Crippen molar-refractivity contribution in [2.24, 2.45) is 11.7 Å². The first-order valence-corrected chi connectivity index (χ1v) is 16.6. The summed E-state index contributed by atoms with van der Waals surface area (Å²) in [5.41, 5.74) is 6.48. The molecule has 4 aliphatic rings. The summed E-state index contributed by atoms with van der Waals surface area (Å²) in [6.45, 7) is 1.49. The molecule has 3 saturated carbocycles. The van der Waals surface area contributed by atoms with Gasteiger partial charge in [-0.05, 0) is 81.7 Å². The van der Waals surface area contributed by atoms with Crippen molar-refractivity contribution < 1.29 is 28.6 Å². The summed E-state index contributed by atoms with van der Waals surface area (Å²) in [5.74, 6) is -0.613. The van der Waals surface area contributed by atoms with Gasteiger partial charge in [-0.25, -0.2) is 13.9 Å². The zero-order valence-corrected chi connectivity index (χ0v) is 26.6. The zero-order chi connectivity index (χ0) is 32.7. The van der Waals surface area contributed by atoms with Crippen LogP contribution in [0.3, 0.4) is 0 Å². The topological polar surface area (TPSA) is 141 Å². The van der Waals surface area contributed by atoms with Crippen LogP contribution in [0, 0.1) is 11.7 Å². The Morgan fingerprint density at radius 3 is 2.62 bits per heavy atom. The van der Waals surface area contributed by atoms with E-state index < -0.39 is 22.7 Å². The molecule has 1 unspecified atom stereocenters. The lowest BCUT2D eigenvalue weighted by molar-refractivity contribution is -0.123. The first-order chi connectivity index (χ1) is 22.5. The molecule has 4 heterocycles. The van der Waals surface area contributed by atoms with E-state index in [1.165, 1.54) is 12.1 Å². The number of fused-ring (bicyclic) bond motifs is 2. The average Bonchev–Trinajstić information content (AvgIpc) is 3.96. The molecule has 8 rings (SSSR count). The predicted octanol–water partition coefficient (Wildman–Crippen LogP) is 5.16. The maximum absolute atomic E-state index is 14.7. The number of halogens is 2. The normalized spacial score (nSPS) is 21.9. The number of benzene rings is 1. The summed E-state index contributed by atoms with van der Waals surface area (Å²) in [6.07, 6.45) is 6.57. The highest BCUT2D eigenvalue weighted by Gasteiger charge is 2.48. The third-order valence-corrected chi connectivity index (χ3v) is 10.5. The Bertz CT molecular complexity index is 1950. The van der Waals surface area contributed by atoms with Crippen LogP contribution in [0.2, 0.25) is 5.02 Å². The van der Waals surface area contributed by atoms with Gasteiger partial charge < -0.3 is 25.6 Å². The van der Waals surface area contributed by atoms with Crippen LogP contribution in [0.25, 0.3) is 16.8 Å². The smallest absolute Gasteiger partial charge is 0.251 e. The molecule has 12 heteroatoms. The number of carbonyl (C=O) groups is 2. The van der Waals surface area contributed by atoms with Crippen LogP contribution in [0.5, 0.6) is 11.6 Å². The van der Waals surface area contributed by atoms with Crippen molar-refractivity contribution in [3.05, 3.63) is 75.8 Å². The second-order valence-electron chi connectivity index (χ2n) is 13.7. The lowest BCUT2D eigenvalue weighted by Gasteiger charge is -2.41. The minimum Gasteiger partial charge on any atom is -0.489 e. The molecule has 0 radical (unpaired) electrons. The largest absolute Gasteiger partial charge is 0.489 e. The van der Waals surface area contributed by atoms with Gasteiger partial charge in [0.15, 0.2) is 0 Å². The minimum atomic E-state index is -1.61. The first kappa shape index (κ1) is 30.1. The van der Waals surface area contributed by atoms with Crippen molar-refractivity contribution in [2.45, 2.75) is 74.9 Å². The Balaban J connectivity index is 1.16. The minimum absolute atomic E-state index is 0.0325. The summed E-state index contributed by atoms with van der Waals surface area (Å²) in [5, 5.41) is 20.1. The van der Waals surface area contributed by atoms with Crippen molar-refractivity contribution in [3.8, 4) is 22.9 Å². The molecular weight excluding hydrogens is 625 g/mol. The quantitative estimate of drug-likeness (QED) is 0.214. The molecule has 0 spiro atoms. The Labute approximate surface area is 275 Å². The Morgan fingerprint density at radius 2 is 1.96 bits per heavy atom. The van der Waals surface area contributed by atoms with Gasteiger partial charge >= 0.3 is 0 Å². The van der Waals surface area contributed by atoms with Crippen molar-refractivity contribution >= 4 is 28.9 Å². The molecule has 2 atom stereocenters. The lowest BCUT2D eigenvalue weighted by Crippen LogP contribution is -2.49. The third kappa shape index (κ3) is 5.20. The van der Waals surface area contributed by atoms with Crippen molar-refractivity contribution in [1.82, 2.24) is 19.9 Å². The molecule has 1 aromatic carbocycles. The number of aliphatic hydroxyl groups is 1. The molecule has 10 nitrogen and oxygen atoms in total. The summed E-state index contributed by atoms with van der Waals surface area (Å²) < 4.78 is 28.5. The second-order valence-corrected chi connectivity index (χ2v) is 14.1. The number of aromatic nitrogens is 3. The molecule has 0 saturated heterocycles. The number of amides is 2. The summed E-state index contributed by atoms with van der Waals surface area (Å²) >= 11 is 5.97. The predicted molar refractivity (Wildman–Crippen MR) is 171 cm³/mol. The molecule has 244 valence electrons. The van der Waals surface area contributed by atoms with Gasteiger partial charge in [-0.2, -0.15) is 5.10 Å². The van der Waals surface area contributed by atoms with E-state index in [0.29, 0.717) is 47.1 Å². The number of hydrogen-bond acceptors (Lipinski definition) is 7. The Kier molecular flexibility index (Phi) is 7.00. The average molecular weight is 660 g/mol. The van der Waals surface area contributed by atoms with E-state index in [4.69, 9.17) is 36.9 Å². The molecular formula is C35H35ClFN5O5. The van der Waals surface area contributed by atoms with Gasteiger partial charge in [0.25, 0.3) is 5.91 Å². The molecule has 1 aliphatic heterocycles. The summed E-state index contributed by atoms with van der Waals surface area (Å²) in [6, 6.07) is 11.4. The van der Waals surface area contributed by atoms with Crippen LogP contribution in [0.4, 0.5) is 4.39 Å². The van der Waals surface area contributed by atoms with E-state index in [-0.39, 0.29) is 47.5 Å². The molecule has 3 fully saturated rings. The zero-order valence-electron chi connectivity index (χ0n) is 25.9. The standard InChI is InChI=1S/C35H35ClFN5O5/c1-34(33(38)44)17-46-31-24(34)15-28(40-30(31)19-7-10-25(36)26(37)12-19)35(45,21-3-2-4-21)16-39-32(43)20-11-22-14-27(18-5-6-18)41-42(22)29(13-20)47-23-8-9-23/h7,10-15,18,21,23,45H,2-6,8-9,16-17H2,1H3,(H2,38,44)(H,39,43)/t34-,35?/m0/s1. The maximum Gasteiger partial charge on any atom is 0.251 e. The van der Waals surface area contributed by atoms with Gasteiger partial charge in [0.05, 0.1) is 28.5 Å². The number of nitrogens with one attached hydrogen (secondary N) is 1. The molecule has 0 bridgehead atoms. The Morgan fingerprint density at radius 1 is 1.17 bits per heavy atom. The molecule has 4 aromatic rings. The van der Waals surface area contributed by atoms with Crippen molar-refractivity contribution in [2.75, 3.05) is 13.2 Å². The monoisotopic (exact) mass is 659 g/mol. The lowest BCUT2D eigenvalue weighted by atomic mass is 9.70. The van der Waals surface area contributed by atoms with Gasteiger partial charge in [-0.3, -0.25) is 9.59 Å². The molecule has 47 heavy (non-hydrogen) atoms. The van der Waals surface area contributed by atoms with Crippen molar-refractivity contribution in [3.63, 3.8) is 0 Å². The maximum atomic E-state index is 14.7. The number of ether oxygens (including phenoxy) is 2. The van der Waals surface area contributed by atoms with Crippen molar-refractivity contribution in [1.29, 1.82) is 0 Å². The third-order valence-electron chi connectivity index (χ3n) is 10.2. The number of pyridine rings is 2. The van der Waals surface area contributed by atoms with Gasteiger partial charge in [0.2, 0.25) is 11.8 Å². The fourth-order valence-corrected chi connectivity index (χ4v) is 6.65. The van der Waals surface area contributed by atoms with Crippen LogP contribution in [-0.4, -0.2) is 50.8 Å². The van der Waals surface area contributed by atoms with E-state index in [2.05, 4.69) is 5.32 Å². The van der Waals surface area contributed by atoms with E-state index >= 15 is 0 Å². The van der Waals surface area contributed by atoms with Crippen LogP contribution < -0.4 is 20.5 Å². The van der Waals surface area contributed by atoms with E-state index in [0.717, 1.165) is 43.3 Å². The highest BCUT2D eigenvalue weighted by Crippen LogP contribution is 2.49. The van der Waals surface area contributed by atoms with E-state index in [1.54, 1.807) is 35.7 Å². The number of hydrogen-bond donors (Lipinski definition) is 3. The number of carbonyl (C=O) groups excluding carboxylic acids is 2. The van der Waals surface area contributed by atoms with Crippen LogP contribution in [0.1, 0.15) is 85.1 Å². The summed E-state index contributed by atoms with van der Waals surface area (Å²) in [7, 11) is 0. The molecule has 2 amide bonds. The number of nitrogens with two attached hydrogens (primary N) is 1. The SMILES string of the molecule is C[C@]1(C(N)=O)COc2c1cc(C(O)(CNC(=O)c1cc(OC3CC3)n3nc(C4CC4)cc3c1)C1CCC1)nc2-c1ccc(Cl)c(F)c1. The number of primary amides is 1. The van der Waals surface area contributed by atoms with Gasteiger partial charge in [0, 0.05) is 28.7 Å². The van der Waals surface area contributed by atoms with E-state index in [1.807, 2.05) is 6.07 Å². The highest BCUT2D eigenvalue weighted by molar-refractivity contribution is 6.30. The van der Waals surface area contributed by atoms with Crippen LogP contribution >= 0.6 is 11.6 Å². The summed E-state index contributed by atoms with van der Waals surface area (Å²) in [4.78, 5) is 31.3. The first-order valence-electron chi connectivity index (χ1n) is 16.2.